The number of nitrogens with one attached hydrogen (secondary N) is 1. The van der Waals surface area contributed by atoms with E-state index < -0.39 is 0 Å². The molecule has 1 atom stereocenters. The molecule has 0 radical (unpaired) electrons. The molecule has 1 saturated heterocycles. The predicted octanol–water partition coefficient (Wildman–Crippen LogP) is 1.98. The third-order valence-electron chi connectivity index (χ3n) is 3.76. The van der Waals surface area contributed by atoms with Gasteiger partial charge in [0.1, 0.15) is 6.04 Å². The van der Waals surface area contributed by atoms with E-state index in [4.69, 9.17) is 5.84 Å². The molecule has 1 aliphatic heterocycles. The second kappa shape index (κ2) is 7.26. The van der Waals surface area contributed by atoms with Crippen LogP contribution >= 0.6 is 0 Å². The molecule has 0 aromatic heterocycles. The van der Waals surface area contributed by atoms with Gasteiger partial charge in [-0.15, -0.1) is 0 Å². The molecule has 4 heteroatoms. The lowest BCUT2D eigenvalue weighted by Gasteiger charge is -2.32. The number of rotatable bonds is 3. The molecular formula is C15H23N3O. The topological polar surface area (TPSA) is 58.4 Å². The van der Waals surface area contributed by atoms with Crippen LogP contribution in [0.1, 0.15) is 43.7 Å². The standard InChI is InChI=1S/C15H23N3O/c16-17-15(19)14(13-9-5-4-6-10-13)18-11-7-2-1-3-8-12-18/h4-6,9-10,14H,1-3,7-8,11-12,16H2,(H,17,19). The molecular weight excluding hydrogens is 238 g/mol. The van der Waals surface area contributed by atoms with Crippen LogP contribution in [0, 0.1) is 0 Å². The van der Waals surface area contributed by atoms with Gasteiger partial charge in [-0.25, -0.2) is 5.84 Å². The fourth-order valence-corrected chi connectivity index (χ4v) is 2.77. The van der Waals surface area contributed by atoms with E-state index >= 15 is 0 Å². The first-order valence-electron chi connectivity index (χ1n) is 7.12. The van der Waals surface area contributed by atoms with Crippen LogP contribution in [0.2, 0.25) is 0 Å². The minimum atomic E-state index is -0.260. The Balaban J connectivity index is 2.18. The average Bonchev–Trinajstić information content (AvgIpc) is 2.42. The number of nitrogens with two attached hydrogens (primary N) is 1. The van der Waals surface area contributed by atoms with Crippen LogP contribution in [0.3, 0.4) is 0 Å². The lowest BCUT2D eigenvalue weighted by Crippen LogP contribution is -2.44. The third-order valence-corrected chi connectivity index (χ3v) is 3.76. The molecule has 1 aromatic rings. The first-order valence-corrected chi connectivity index (χ1v) is 7.12. The van der Waals surface area contributed by atoms with E-state index in [0.717, 1.165) is 31.5 Å². The Morgan fingerprint density at radius 2 is 1.63 bits per heavy atom. The molecule has 1 unspecified atom stereocenters. The highest BCUT2D eigenvalue weighted by atomic mass is 16.2. The van der Waals surface area contributed by atoms with Crippen molar-refractivity contribution in [3.8, 4) is 0 Å². The Bertz CT molecular complexity index is 386. The molecule has 1 amide bonds. The highest BCUT2D eigenvalue weighted by molar-refractivity contribution is 5.82. The number of nitrogens with zero attached hydrogens (tertiary/aromatic N) is 1. The van der Waals surface area contributed by atoms with Gasteiger partial charge in [-0.1, -0.05) is 49.6 Å². The summed E-state index contributed by atoms with van der Waals surface area (Å²) < 4.78 is 0. The molecule has 1 aromatic carbocycles. The molecule has 19 heavy (non-hydrogen) atoms. The van der Waals surface area contributed by atoms with Crippen molar-refractivity contribution in [3.63, 3.8) is 0 Å². The van der Waals surface area contributed by atoms with E-state index in [1.54, 1.807) is 0 Å². The van der Waals surface area contributed by atoms with Crippen LogP contribution in [-0.4, -0.2) is 23.9 Å². The van der Waals surface area contributed by atoms with Crippen molar-refractivity contribution in [3.05, 3.63) is 35.9 Å². The molecule has 3 N–H and O–H groups in total. The molecule has 1 aliphatic rings. The van der Waals surface area contributed by atoms with Crippen LogP contribution in [0.4, 0.5) is 0 Å². The summed E-state index contributed by atoms with van der Waals surface area (Å²) in [5.74, 6) is 5.24. The van der Waals surface area contributed by atoms with E-state index in [0.29, 0.717) is 0 Å². The number of amides is 1. The Kier molecular flexibility index (Phi) is 5.36. The molecule has 0 bridgehead atoms. The van der Waals surface area contributed by atoms with Gasteiger partial charge in [0, 0.05) is 0 Å². The van der Waals surface area contributed by atoms with E-state index in [1.165, 1.54) is 19.3 Å². The van der Waals surface area contributed by atoms with Crippen molar-refractivity contribution >= 4 is 5.91 Å². The molecule has 0 spiro atoms. The van der Waals surface area contributed by atoms with Gasteiger partial charge < -0.3 is 0 Å². The Morgan fingerprint density at radius 3 is 2.21 bits per heavy atom. The third kappa shape index (κ3) is 3.78. The summed E-state index contributed by atoms with van der Waals surface area (Å²) in [5, 5.41) is 0. The van der Waals surface area contributed by atoms with Crippen LogP contribution in [0.25, 0.3) is 0 Å². The zero-order chi connectivity index (χ0) is 13.5. The summed E-state index contributed by atoms with van der Waals surface area (Å²) in [4.78, 5) is 14.4. The van der Waals surface area contributed by atoms with Crippen molar-refractivity contribution in [2.75, 3.05) is 13.1 Å². The molecule has 2 rings (SSSR count). The van der Waals surface area contributed by atoms with Crippen LogP contribution in [0.5, 0.6) is 0 Å². The molecule has 1 heterocycles. The highest BCUT2D eigenvalue weighted by Gasteiger charge is 2.26. The normalized spacial score (nSPS) is 19.2. The second-order valence-electron chi connectivity index (χ2n) is 5.13. The van der Waals surface area contributed by atoms with Gasteiger partial charge >= 0.3 is 0 Å². The van der Waals surface area contributed by atoms with Crippen molar-refractivity contribution < 1.29 is 4.79 Å². The Labute approximate surface area is 114 Å². The number of hydrogen-bond donors (Lipinski definition) is 2. The summed E-state index contributed by atoms with van der Waals surface area (Å²) in [6.07, 6.45) is 6.12. The minimum absolute atomic E-state index is 0.119. The monoisotopic (exact) mass is 261 g/mol. The number of likely N-dealkylation sites (tertiary alicyclic amines) is 1. The number of hydrazine groups is 1. The van der Waals surface area contributed by atoms with Gasteiger partial charge in [-0.05, 0) is 31.5 Å². The van der Waals surface area contributed by atoms with Crippen LogP contribution < -0.4 is 11.3 Å². The molecule has 0 aliphatic carbocycles. The number of benzene rings is 1. The van der Waals surface area contributed by atoms with E-state index in [2.05, 4.69) is 10.3 Å². The number of carbonyl (C=O) groups is 1. The average molecular weight is 261 g/mol. The summed E-state index contributed by atoms with van der Waals surface area (Å²) in [6.45, 7) is 1.93. The fraction of sp³-hybridized carbons (Fsp3) is 0.533. The largest absolute Gasteiger partial charge is 0.293 e. The van der Waals surface area contributed by atoms with Crippen molar-refractivity contribution in [2.45, 2.75) is 38.1 Å². The maximum absolute atomic E-state index is 12.1. The quantitative estimate of drug-likeness (QED) is 0.497. The summed E-state index contributed by atoms with van der Waals surface area (Å²) in [5.41, 5.74) is 3.34. The van der Waals surface area contributed by atoms with Gasteiger partial charge in [0.2, 0.25) is 0 Å². The summed E-state index contributed by atoms with van der Waals surface area (Å²) in [7, 11) is 0. The van der Waals surface area contributed by atoms with Crippen molar-refractivity contribution in [1.29, 1.82) is 0 Å². The van der Waals surface area contributed by atoms with Crippen molar-refractivity contribution in [2.24, 2.45) is 5.84 Å². The first-order chi connectivity index (χ1) is 9.33. The van der Waals surface area contributed by atoms with Gasteiger partial charge in [-0.3, -0.25) is 15.1 Å². The maximum Gasteiger partial charge on any atom is 0.255 e. The highest BCUT2D eigenvalue weighted by Crippen LogP contribution is 2.23. The van der Waals surface area contributed by atoms with Crippen LogP contribution in [-0.2, 0) is 4.79 Å². The maximum atomic E-state index is 12.1. The van der Waals surface area contributed by atoms with E-state index in [-0.39, 0.29) is 11.9 Å². The Morgan fingerprint density at radius 1 is 1.05 bits per heavy atom. The Hall–Kier alpha value is -1.39. The lowest BCUT2D eigenvalue weighted by atomic mass is 10.0. The zero-order valence-electron chi connectivity index (χ0n) is 11.3. The molecule has 1 fully saturated rings. The zero-order valence-corrected chi connectivity index (χ0v) is 11.3. The smallest absolute Gasteiger partial charge is 0.255 e. The van der Waals surface area contributed by atoms with Crippen LogP contribution in [0.15, 0.2) is 30.3 Å². The van der Waals surface area contributed by atoms with Gasteiger partial charge in [0.15, 0.2) is 0 Å². The number of hydrogen-bond acceptors (Lipinski definition) is 3. The van der Waals surface area contributed by atoms with E-state index in [1.807, 2.05) is 30.3 Å². The summed E-state index contributed by atoms with van der Waals surface area (Å²) >= 11 is 0. The predicted molar refractivity (Wildman–Crippen MR) is 76.2 cm³/mol. The number of carbonyl (C=O) groups excluding carboxylic acids is 1. The molecule has 4 nitrogen and oxygen atoms in total. The molecule has 104 valence electrons. The summed E-state index contributed by atoms with van der Waals surface area (Å²) in [6, 6.07) is 9.64. The van der Waals surface area contributed by atoms with Gasteiger partial charge in [0.05, 0.1) is 0 Å². The van der Waals surface area contributed by atoms with Crippen molar-refractivity contribution in [1.82, 2.24) is 10.3 Å². The molecule has 0 saturated carbocycles. The first kappa shape index (κ1) is 14.0. The van der Waals surface area contributed by atoms with Gasteiger partial charge in [-0.2, -0.15) is 0 Å². The second-order valence-corrected chi connectivity index (χ2v) is 5.13. The SMILES string of the molecule is NNC(=O)C(c1ccccc1)N1CCCCCCC1. The minimum Gasteiger partial charge on any atom is -0.293 e. The van der Waals surface area contributed by atoms with Gasteiger partial charge in [0.25, 0.3) is 5.91 Å². The fourth-order valence-electron chi connectivity index (χ4n) is 2.77. The van der Waals surface area contributed by atoms with E-state index in [9.17, 15) is 4.79 Å². The lowest BCUT2D eigenvalue weighted by molar-refractivity contribution is -0.127.